The van der Waals surface area contributed by atoms with Gasteiger partial charge in [-0.15, -0.1) is 5.10 Å². The quantitative estimate of drug-likeness (QED) is 0.532. The lowest BCUT2D eigenvalue weighted by molar-refractivity contribution is -0.138. The molecule has 1 saturated heterocycles. The van der Waals surface area contributed by atoms with Crippen molar-refractivity contribution in [1.82, 2.24) is 5.32 Å². The van der Waals surface area contributed by atoms with Gasteiger partial charge >= 0.3 is 5.97 Å². The molecule has 1 heterocycles. The monoisotopic (exact) mass is 379 g/mol. The molecule has 1 amide bonds. The summed E-state index contributed by atoms with van der Waals surface area (Å²) in [5.41, 5.74) is 1.01. The van der Waals surface area contributed by atoms with Crippen LogP contribution in [0.5, 0.6) is 0 Å². The number of nitrogens with one attached hydrogen (secondary N) is 1. The molecule has 2 fully saturated rings. The fourth-order valence-corrected chi connectivity index (χ4v) is 3.19. The molecule has 1 aliphatic heterocycles. The van der Waals surface area contributed by atoms with E-state index in [4.69, 9.17) is 9.84 Å². The molecule has 0 spiro atoms. The van der Waals surface area contributed by atoms with Crippen LogP contribution in [0.25, 0.3) is 0 Å². The number of hydrogen-bond donors (Lipinski definition) is 2. The van der Waals surface area contributed by atoms with Gasteiger partial charge < -0.3 is 15.2 Å². The predicted octanol–water partition coefficient (Wildman–Crippen LogP) is 2.15. The number of halogens is 1. The molecule has 0 bridgehead atoms. The zero-order chi connectivity index (χ0) is 18.5. The molecule has 0 radical (unpaired) electrons. The van der Waals surface area contributed by atoms with Crippen molar-refractivity contribution in [3.8, 4) is 0 Å². The van der Waals surface area contributed by atoms with Gasteiger partial charge in [-0.1, -0.05) is 23.9 Å². The third-order valence-electron chi connectivity index (χ3n) is 3.88. The Hall–Kier alpha value is -2.26. The van der Waals surface area contributed by atoms with Crippen molar-refractivity contribution in [1.29, 1.82) is 0 Å². The number of carbonyl (C=O) groups excluding carboxylic acids is 1. The largest absolute Gasteiger partial charge is 0.481 e. The Bertz CT molecular complexity index is 764. The number of amides is 1. The van der Waals surface area contributed by atoms with Gasteiger partial charge in [0, 0.05) is 12.2 Å². The topological polar surface area (TPSA) is 100 Å². The number of carboxylic acid groups (broad SMARTS) is 1. The maximum Gasteiger partial charge on any atom is 0.305 e. The average molecular weight is 379 g/mol. The summed E-state index contributed by atoms with van der Waals surface area (Å²) in [5, 5.41) is 18.3. The van der Waals surface area contributed by atoms with Crippen molar-refractivity contribution < 1.29 is 23.8 Å². The van der Waals surface area contributed by atoms with Gasteiger partial charge in [-0.25, -0.2) is 4.39 Å². The molecule has 3 rings (SSSR count). The molecule has 7 nitrogen and oxygen atoms in total. The van der Waals surface area contributed by atoms with Gasteiger partial charge in [0.25, 0.3) is 0 Å². The number of benzene rings is 1. The van der Waals surface area contributed by atoms with E-state index >= 15 is 0 Å². The highest BCUT2D eigenvalue weighted by Crippen LogP contribution is 2.29. The highest BCUT2D eigenvalue weighted by Gasteiger charge is 2.32. The number of carbonyl (C=O) groups is 2. The summed E-state index contributed by atoms with van der Waals surface area (Å²) in [6.07, 6.45) is 3.46. The van der Waals surface area contributed by atoms with Gasteiger partial charge in [-0.2, -0.15) is 5.10 Å². The maximum atomic E-state index is 14.0. The smallest absolute Gasteiger partial charge is 0.305 e. The van der Waals surface area contributed by atoms with E-state index in [-0.39, 0.29) is 24.0 Å². The van der Waals surface area contributed by atoms with E-state index in [1.54, 1.807) is 12.1 Å². The van der Waals surface area contributed by atoms with E-state index in [9.17, 15) is 14.0 Å². The molecule has 26 heavy (non-hydrogen) atoms. The minimum Gasteiger partial charge on any atom is -0.481 e. The fraction of sp³-hybridized carbons (Fsp3) is 0.412. The van der Waals surface area contributed by atoms with E-state index in [2.05, 4.69) is 15.5 Å². The summed E-state index contributed by atoms with van der Waals surface area (Å²) in [6.45, 7) is 0.919. The van der Waals surface area contributed by atoms with Gasteiger partial charge in [-0.05, 0) is 30.4 Å². The lowest BCUT2D eigenvalue weighted by Gasteiger charge is -2.05. The number of ether oxygens (including phenoxy) is 1. The first-order valence-electron chi connectivity index (χ1n) is 8.18. The van der Waals surface area contributed by atoms with Crippen LogP contribution in [0.3, 0.4) is 0 Å². The normalized spacial score (nSPS) is 21.5. The number of hydrogen-bond acceptors (Lipinski definition) is 6. The zero-order valence-corrected chi connectivity index (χ0v) is 14.7. The molecule has 1 unspecified atom stereocenters. The Kier molecular flexibility index (Phi) is 6.00. The molecule has 1 aromatic rings. The second-order valence-electron chi connectivity index (χ2n) is 6.15. The number of thioether (sulfide) groups is 1. The second-order valence-corrected chi connectivity index (χ2v) is 7.34. The highest BCUT2D eigenvalue weighted by atomic mass is 32.2. The summed E-state index contributed by atoms with van der Waals surface area (Å²) in [7, 11) is 0. The molecule has 2 aliphatic rings. The SMILES string of the molecule is O=C(O)CC1SC(=NN=Cc2ccc(COCC3CC3)c(F)c2)NC1=O. The van der Waals surface area contributed by atoms with E-state index in [1.807, 2.05) is 0 Å². The Balaban J connectivity index is 1.53. The van der Waals surface area contributed by atoms with Crippen LogP contribution < -0.4 is 5.32 Å². The minimum atomic E-state index is -1.06. The van der Waals surface area contributed by atoms with Gasteiger partial charge in [0.15, 0.2) is 5.17 Å². The molecular formula is C17H18FN3O4S. The van der Waals surface area contributed by atoms with Crippen LogP contribution in [0.1, 0.15) is 30.4 Å². The van der Waals surface area contributed by atoms with Crippen LogP contribution in [0.15, 0.2) is 28.4 Å². The standard InChI is InChI=1S/C17H18FN3O4S/c18-13-5-11(3-4-12(13)9-25-8-10-1-2-10)7-19-21-17-20-16(24)14(26-17)6-15(22)23/h3-5,7,10,14H,1-2,6,8-9H2,(H,22,23)(H,20,21,24). The summed E-state index contributed by atoms with van der Waals surface area (Å²) in [5.74, 6) is -1.21. The molecule has 138 valence electrons. The average Bonchev–Trinajstić information content (AvgIpc) is 3.34. The van der Waals surface area contributed by atoms with Gasteiger partial charge in [0.05, 0.1) is 19.2 Å². The van der Waals surface area contributed by atoms with E-state index < -0.39 is 17.1 Å². The Morgan fingerprint density at radius 1 is 1.46 bits per heavy atom. The Morgan fingerprint density at radius 3 is 2.96 bits per heavy atom. The van der Waals surface area contributed by atoms with E-state index in [0.29, 0.717) is 23.7 Å². The fourth-order valence-electron chi connectivity index (χ4n) is 2.27. The van der Waals surface area contributed by atoms with Crippen LogP contribution in [-0.2, 0) is 20.9 Å². The minimum absolute atomic E-state index is 0.225. The van der Waals surface area contributed by atoms with E-state index in [0.717, 1.165) is 11.8 Å². The number of rotatable bonds is 8. The van der Waals surface area contributed by atoms with Gasteiger partial charge in [-0.3, -0.25) is 9.59 Å². The van der Waals surface area contributed by atoms with Crippen molar-refractivity contribution in [3.63, 3.8) is 0 Å². The summed E-state index contributed by atoms with van der Waals surface area (Å²) in [4.78, 5) is 22.2. The van der Waals surface area contributed by atoms with Crippen molar-refractivity contribution in [2.75, 3.05) is 6.61 Å². The molecule has 1 aromatic carbocycles. The summed E-state index contributed by atoms with van der Waals surface area (Å²) < 4.78 is 19.5. The van der Waals surface area contributed by atoms with Crippen molar-refractivity contribution in [3.05, 3.63) is 35.1 Å². The Morgan fingerprint density at radius 2 is 2.27 bits per heavy atom. The maximum absolute atomic E-state index is 14.0. The second kappa shape index (κ2) is 8.41. The summed E-state index contributed by atoms with van der Waals surface area (Å²) >= 11 is 1.01. The molecule has 1 saturated carbocycles. The molecular weight excluding hydrogens is 361 g/mol. The third-order valence-corrected chi connectivity index (χ3v) is 4.95. The molecule has 9 heteroatoms. The highest BCUT2D eigenvalue weighted by molar-refractivity contribution is 8.15. The first kappa shape index (κ1) is 18.5. The molecule has 0 aromatic heterocycles. The summed E-state index contributed by atoms with van der Waals surface area (Å²) in [6, 6.07) is 4.69. The molecule has 2 N–H and O–H groups in total. The number of aliphatic carboxylic acids is 1. The van der Waals surface area contributed by atoms with Crippen LogP contribution in [0, 0.1) is 11.7 Å². The van der Waals surface area contributed by atoms with E-state index in [1.165, 1.54) is 25.1 Å². The van der Waals surface area contributed by atoms with Crippen molar-refractivity contribution >= 4 is 35.0 Å². The zero-order valence-electron chi connectivity index (χ0n) is 13.9. The number of nitrogens with zero attached hydrogens (tertiary/aromatic N) is 2. The van der Waals surface area contributed by atoms with Crippen molar-refractivity contribution in [2.24, 2.45) is 16.1 Å². The number of amidine groups is 1. The lowest BCUT2D eigenvalue weighted by Crippen LogP contribution is -2.26. The van der Waals surface area contributed by atoms with Crippen LogP contribution in [0.2, 0.25) is 0 Å². The Labute approximate surface area is 153 Å². The van der Waals surface area contributed by atoms with Crippen LogP contribution in [-0.4, -0.2) is 40.2 Å². The number of carboxylic acids is 1. The first-order valence-corrected chi connectivity index (χ1v) is 9.05. The van der Waals surface area contributed by atoms with Gasteiger partial charge in [0.2, 0.25) is 5.91 Å². The lowest BCUT2D eigenvalue weighted by atomic mass is 10.1. The predicted molar refractivity (Wildman–Crippen MR) is 95.6 cm³/mol. The van der Waals surface area contributed by atoms with Crippen LogP contribution in [0.4, 0.5) is 4.39 Å². The van der Waals surface area contributed by atoms with Crippen molar-refractivity contribution in [2.45, 2.75) is 31.1 Å². The van der Waals surface area contributed by atoms with Gasteiger partial charge in [0.1, 0.15) is 11.1 Å². The molecule has 1 aliphatic carbocycles. The van der Waals surface area contributed by atoms with Crippen LogP contribution >= 0.6 is 11.8 Å². The molecule has 1 atom stereocenters. The first-order chi connectivity index (χ1) is 12.5. The third kappa shape index (κ3) is 5.37.